The van der Waals surface area contributed by atoms with E-state index in [0.717, 1.165) is 17.9 Å². The topological polar surface area (TPSA) is 17.1 Å². The summed E-state index contributed by atoms with van der Waals surface area (Å²) in [5.74, 6) is 1.70. The van der Waals surface area contributed by atoms with Crippen LogP contribution in [0.2, 0.25) is 0 Å². The molecule has 1 fully saturated rings. The molecule has 3 atom stereocenters. The fraction of sp³-hybridized carbons (Fsp3) is 0.458. The van der Waals surface area contributed by atoms with Crippen LogP contribution in [0.15, 0.2) is 42.5 Å². The molecule has 2 aromatic rings. The first-order valence-corrected chi connectivity index (χ1v) is 9.67. The van der Waals surface area contributed by atoms with Crippen LogP contribution in [-0.2, 0) is 10.8 Å². The molecule has 0 N–H and O–H groups in total. The Labute approximate surface area is 150 Å². The second-order valence-electron chi connectivity index (χ2n) is 9.48. The summed E-state index contributed by atoms with van der Waals surface area (Å²) in [6, 6.07) is 11.3. The van der Waals surface area contributed by atoms with Crippen LogP contribution in [0.4, 0.5) is 0 Å². The van der Waals surface area contributed by atoms with E-state index in [1.807, 2.05) is 0 Å². The van der Waals surface area contributed by atoms with Crippen LogP contribution >= 0.6 is 0 Å². The number of hydrogen-bond acceptors (Lipinski definition) is 1. The molecule has 128 valence electrons. The predicted molar refractivity (Wildman–Crippen MR) is 103 cm³/mol. The fourth-order valence-electron chi connectivity index (χ4n) is 5.56. The number of Topliss-reactive ketones (excluding diaryl/α,β-unsaturated/α-hetero) is 1. The minimum atomic E-state index is 0.130. The molecule has 0 aromatic heterocycles. The van der Waals surface area contributed by atoms with Crippen molar-refractivity contribution in [1.82, 2.24) is 0 Å². The van der Waals surface area contributed by atoms with Crippen LogP contribution < -0.4 is 0 Å². The van der Waals surface area contributed by atoms with Crippen LogP contribution in [-0.4, -0.2) is 5.78 Å². The Morgan fingerprint density at radius 3 is 2.56 bits per heavy atom. The van der Waals surface area contributed by atoms with Crippen molar-refractivity contribution >= 4 is 16.6 Å². The monoisotopic (exact) mass is 330 g/mol. The lowest BCUT2D eigenvalue weighted by molar-refractivity contribution is 0.0944. The van der Waals surface area contributed by atoms with Gasteiger partial charge >= 0.3 is 0 Å². The van der Waals surface area contributed by atoms with Crippen LogP contribution in [0.3, 0.4) is 0 Å². The molecule has 1 spiro atoms. The molecular weight excluding hydrogens is 304 g/mol. The molecule has 0 heterocycles. The second-order valence-corrected chi connectivity index (χ2v) is 9.48. The first kappa shape index (κ1) is 15.4. The van der Waals surface area contributed by atoms with Crippen molar-refractivity contribution in [2.45, 2.75) is 57.3 Å². The SMILES string of the molecule is CC(C)(C)c1ccc2cc3c(cc2c1)C(=O)CCC31CC2C=CC1C2. The normalized spacial score (nSPS) is 30.4. The third-order valence-electron chi connectivity index (χ3n) is 6.99. The smallest absolute Gasteiger partial charge is 0.163 e. The van der Waals surface area contributed by atoms with Crippen molar-refractivity contribution in [3.8, 4) is 0 Å². The van der Waals surface area contributed by atoms with Crippen LogP contribution in [0.5, 0.6) is 0 Å². The fourth-order valence-corrected chi connectivity index (χ4v) is 5.56. The summed E-state index contributed by atoms with van der Waals surface area (Å²) >= 11 is 0. The lowest BCUT2D eigenvalue weighted by atomic mass is 9.62. The molecule has 3 aliphatic rings. The number of ketones is 1. The van der Waals surface area contributed by atoms with E-state index >= 15 is 0 Å². The number of allylic oxidation sites excluding steroid dienone is 2. The summed E-state index contributed by atoms with van der Waals surface area (Å²) in [5.41, 5.74) is 4.03. The van der Waals surface area contributed by atoms with Gasteiger partial charge in [-0.3, -0.25) is 4.79 Å². The van der Waals surface area contributed by atoms with Gasteiger partial charge in [0, 0.05) is 17.4 Å². The van der Waals surface area contributed by atoms with Crippen LogP contribution in [0.25, 0.3) is 10.8 Å². The number of rotatable bonds is 0. The van der Waals surface area contributed by atoms with Gasteiger partial charge in [-0.25, -0.2) is 0 Å². The van der Waals surface area contributed by atoms with Gasteiger partial charge in [0.05, 0.1) is 0 Å². The van der Waals surface area contributed by atoms with E-state index in [1.54, 1.807) is 0 Å². The number of fused-ring (bicyclic) bond motifs is 6. The first-order valence-electron chi connectivity index (χ1n) is 9.67. The van der Waals surface area contributed by atoms with Gasteiger partial charge in [0.15, 0.2) is 5.78 Å². The van der Waals surface area contributed by atoms with Gasteiger partial charge in [-0.05, 0) is 70.5 Å². The molecule has 0 aliphatic heterocycles. The highest BCUT2D eigenvalue weighted by Crippen LogP contribution is 2.58. The Balaban J connectivity index is 1.73. The molecule has 0 saturated heterocycles. The largest absolute Gasteiger partial charge is 0.294 e. The molecule has 2 bridgehead atoms. The Morgan fingerprint density at radius 1 is 1.04 bits per heavy atom. The zero-order valence-corrected chi connectivity index (χ0v) is 15.4. The number of carbonyl (C=O) groups excluding carboxylic acids is 1. The molecule has 2 aromatic carbocycles. The third kappa shape index (κ3) is 2.11. The second kappa shape index (κ2) is 4.84. The average Bonchev–Trinajstić information content (AvgIpc) is 3.17. The Hall–Kier alpha value is -1.89. The minimum Gasteiger partial charge on any atom is -0.294 e. The van der Waals surface area contributed by atoms with Gasteiger partial charge in [-0.2, -0.15) is 0 Å². The van der Waals surface area contributed by atoms with Crippen molar-refractivity contribution in [1.29, 1.82) is 0 Å². The van der Waals surface area contributed by atoms with Crippen molar-refractivity contribution in [3.63, 3.8) is 0 Å². The van der Waals surface area contributed by atoms with E-state index in [1.165, 1.54) is 34.7 Å². The Kier molecular flexibility index (Phi) is 2.98. The molecule has 3 aliphatic carbocycles. The molecule has 0 amide bonds. The maximum absolute atomic E-state index is 12.7. The molecule has 0 radical (unpaired) electrons. The maximum Gasteiger partial charge on any atom is 0.163 e. The summed E-state index contributed by atoms with van der Waals surface area (Å²) in [6.07, 6.45) is 9.11. The molecule has 3 unspecified atom stereocenters. The van der Waals surface area contributed by atoms with Gasteiger partial charge in [-0.15, -0.1) is 0 Å². The molecule has 1 nitrogen and oxygen atoms in total. The predicted octanol–water partition coefficient (Wildman–Crippen LogP) is 5.95. The summed E-state index contributed by atoms with van der Waals surface area (Å²) in [7, 11) is 0. The van der Waals surface area contributed by atoms with E-state index in [-0.39, 0.29) is 10.8 Å². The lowest BCUT2D eigenvalue weighted by Crippen LogP contribution is -2.36. The van der Waals surface area contributed by atoms with Crippen molar-refractivity contribution in [3.05, 3.63) is 59.2 Å². The number of carbonyl (C=O) groups is 1. The van der Waals surface area contributed by atoms with Gasteiger partial charge in [0.25, 0.3) is 0 Å². The van der Waals surface area contributed by atoms with Crippen molar-refractivity contribution in [2.24, 2.45) is 11.8 Å². The Bertz CT molecular complexity index is 927. The van der Waals surface area contributed by atoms with E-state index in [2.05, 4.69) is 63.3 Å². The van der Waals surface area contributed by atoms with E-state index in [4.69, 9.17) is 0 Å². The molecule has 1 heteroatoms. The van der Waals surface area contributed by atoms with E-state index in [0.29, 0.717) is 18.1 Å². The van der Waals surface area contributed by atoms with Gasteiger partial charge in [-0.1, -0.05) is 51.1 Å². The van der Waals surface area contributed by atoms with Crippen LogP contribution in [0.1, 0.15) is 67.9 Å². The molecule has 1 saturated carbocycles. The van der Waals surface area contributed by atoms with Crippen LogP contribution in [0, 0.1) is 11.8 Å². The molecular formula is C24H26O. The van der Waals surface area contributed by atoms with Gasteiger partial charge < -0.3 is 0 Å². The van der Waals surface area contributed by atoms with Crippen molar-refractivity contribution < 1.29 is 4.79 Å². The van der Waals surface area contributed by atoms with Gasteiger partial charge in [0.1, 0.15) is 0 Å². The summed E-state index contributed by atoms with van der Waals surface area (Å²) in [6.45, 7) is 6.73. The van der Waals surface area contributed by atoms with E-state index < -0.39 is 0 Å². The quantitative estimate of drug-likeness (QED) is 0.546. The minimum absolute atomic E-state index is 0.130. The highest BCUT2D eigenvalue weighted by Gasteiger charge is 2.52. The zero-order valence-electron chi connectivity index (χ0n) is 15.4. The summed E-state index contributed by atoms with van der Waals surface area (Å²) in [4.78, 5) is 12.7. The number of hydrogen-bond donors (Lipinski definition) is 0. The number of benzene rings is 2. The summed E-state index contributed by atoms with van der Waals surface area (Å²) < 4.78 is 0. The third-order valence-corrected chi connectivity index (χ3v) is 6.99. The van der Waals surface area contributed by atoms with Gasteiger partial charge in [0.2, 0.25) is 0 Å². The highest BCUT2D eigenvalue weighted by molar-refractivity contribution is 6.03. The Morgan fingerprint density at radius 2 is 1.88 bits per heavy atom. The average molecular weight is 330 g/mol. The van der Waals surface area contributed by atoms with Crippen molar-refractivity contribution in [2.75, 3.05) is 0 Å². The highest BCUT2D eigenvalue weighted by atomic mass is 16.1. The molecule has 25 heavy (non-hydrogen) atoms. The lowest BCUT2D eigenvalue weighted by Gasteiger charge is -2.40. The first-order chi connectivity index (χ1) is 11.9. The van der Waals surface area contributed by atoms with E-state index in [9.17, 15) is 4.79 Å². The molecule has 5 rings (SSSR count). The summed E-state index contributed by atoms with van der Waals surface area (Å²) in [5, 5.41) is 2.50. The standard InChI is InChI=1S/C24H26O/c1-23(2,3)18-7-5-16-13-21-20(12-17(16)11-18)22(25)8-9-24(21)14-15-4-6-19(24)10-15/h4-7,11-13,15,19H,8-10,14H2,1-3H3. The maximum atomic E-state index is 12.7. The zero-order chi connectivity index (χ0) is 17.4.